The van der Waals surface area contributed by atoms with E-state index in [1.807, 2.05) is 55.7 Å². The highest BCUT2D eigenvalue weighted by molar-refractivity contribution is 5.77. The molecular formula is C29H36F5N5O4. The van der Waals surface area contributed by atoms with Crippen LogP contribution in [-0.4, -0.2) is 68.5 Å². The smallest absolute Gasteiger partial charge is 0.475 e. The number of hydrogen-bond donors (Lipinski definition) is 4. The van der Waals surface area contributed by atoms with Crippen molar-refractivity contribution in [2.24, 2.45) is 16.9 Å². The summed E-state index contributed by atoms with van der Waals surface area (Å²) in [6, 6.07) is 12.0. The van der Waals surface area contributed by atoms with Gasteiger partial charge in [-0.3, -0.25) is 4.79 Å². The van der Waals surface area contributed by atoms with Gasteiger partial charge < -0.3 is 31.1 Å². The number of carboxylic acid groups (broad SMARTS) is 1. The molecule has 6 N–H and O–H groups in total. The zero-order valence-corrected chi connectivity index (χ0v) is 24.0. The number of carbonyl (C=O) groups is 2. The van der Waals surface area contributed by atoms with E-state index < -0.39 is 47.8 Å². The molecule has 0 saturated heterocycles. The lowest BCUT2D eigenvalue weighted by Gasteiger charge is -2.40. The molecular weight excluding hydrogens is 577 g/mol. The van der Waals surface area contributed by atoms with Crippen molar-refractivity contribution < 1.29 is 41.8 Å². The largest absolute Gasteiger partial charge is 0.490 e. The maximum atomic E-state index is 14.7. The Hall–Kier alpha value is -3.88. The molecule has 0 aliphatic heterocycles. The minimum absolute atomic E-state index is 0.0286. The molecule has 0 saturated carbocycles. The number of nitrogens with two attached hydrogens (primary N) is 2. The highest BCUT2D eigenvalue weighted by Gasteiger charge is 2.39. The van der Waals surface area contributed by atoms with Crippen LogP contribution in [0.15, 0.2) is 54.7 Å². The fourth-order valence-corrected chi connectivity index (χ4v) is 4.28. The Morgan fingerprint density at radius 3 is 2.19 bits per heavy atom. The van der Waals surface area contributed by atoms with E-state index in [4.69, 9.17) is 26.4 Å². The van der Waals surface area contributed by atoms with E-state index in [1.165, 1.54) is 0 Å². The third-order valence-corrected chi connectivity index (χ3v) is 6.33. The molecule has 43 heavy (non-hydrogen) atoms. The Labute approximate surface area is 245 Å². The normalized spacial score (nSPS) is 13.1. The number of aliphatic hydroxyl groups is 1. The van der Waals surface area contributed by atoms with Crippen LogP contribution in [0.1, 0.15) is 44.6 Å². The molecule has 0 fully saturated rings. The van der Waals surface area contributed by atoms with Crippen LogP contribution in [0.3, 0.4) is 0 Å². The van der Waals surface area contributed by atoms with E-state index in [2.05, 4.69) is 0 Å². The van der Waals surface area contributed by atoms with Crippen LogP contribution in [0.4, 0.5) is 22.0 Å². The molecule has 236 valence electrons. The Morgan fingerprint density at radius 1 is 1.07 bits per heavy atom. The summed E-state index contributed by atoms with van der Waals surface area (Å²) in [6.07, 6.45) is -2.98. The van der Waals surface area contributed by atoms with Gasteiger partial charge in [0.25, 0.3) is 0 Å². The average molecular weight is 614 g/mol. The maximum Gasteiger partial charge on any atom is 0.490 e. The molecule has 2 atom stereocenters. The van der Waals surface area contributed by atoms with E-state index in [9.17, 15) is 31.9 Å². The third kappa shape index (κ3) is 10.1. The van der Waals surface area contributed by atoms with Gasteiger partial charge in [0, 0.05) is 37.4 Å². The minimum atomic E-state index is -5.08. The zero-order valence-electron chi connectivity index (χ0n) is 24.0. The fourth-order valence-electron chi connectivity index (χ4n) is 4.28. The Kier molecular flexibility index (Phi) is 12.3. The molecule has 0 radical (unpaired) electrons. The standard InChI is InChI=1S/C27H35F2N5O2.C2HF3O2/c1-27(2,3)25(34(24(36)17-35)12-11-20(31)14-30)26-32-23(21-13-19(28)9-10-22(21)29)16-33(26)15-18-7-5-4-6-8-18;3-2(4,5)1(6)7/h4-10,13,16,20,25,35H,11-12,14-15,17,30-31H2,1-3H3;(H,6,7)/t20-,25-;/m0./s1. The van der Waals surface area contributed by atoms with E-state index in [0.29, 0.717) is 18.8 Å². The van der Waals surface area contributed by atoms with E-state index in [-0.39, 0.29) is 30.4 Å². The number of aromatic nitrogens is 2. The Morgan fingerprint density at radius 2 is 1.67 bits per heavy atom. The van der Waals surface area contributed by atoms with Crippen molar-refractivity contribution in [3.8, 4) is 11.3 Å². The molecule has 0 bridgehead atoms. The molecule has 1 aromatic heterocycles. The summed E-state index contributed by atoms with van der Waals surface area (Å²) >= 11 is 0. The van der Waals surface area contributed by atoms with Crippen molar-refractivity contribution in [1.82, 2.24) is 14.5 Å². The molecule has 1 amide bonds. The van der Waals surface area contributed by atoms with Crippen LogP contribution in [0, 0.1) is 17.0 Å². The van der Waals surface area contributed by atoms with Crippen LogP contribution in [0.25, 0.3) is 11.3 Å². The summed E-state index contributed by atoms with van der Waals surface area (Å²) in [5.41, 5.74) is 12.4. The highest BCUT2D eigenvalue weighted by Crippen LogP contribution is 2.39. The van der Waals surface area contributed by atoms with Crippen molar-refractivity contribution in [1.29, 1.82) is 0 Å². The number of benzene rings is 2. The molecule has 0 aliphatic rings. The van der Waals surface area contributed by atoms with Gasteiger partial charge in [-0.25, -0.2) is 18.6 Å². The van der Waals surface area contributed by atoms with Crippen LogP contribution in [0.2, 0.25) is 0 Å². The number of carbonyl (C=O) groups excluding carboxylic acids is 1. The van der Waals surface area contributed by atoms with Gasteiger partial charge in [0.05, 0.1) is 11.7 Å². The number of halogens is 5. The van der Waals surface area contributed by atoms with Crippen LogP contribution in [0.5, 0.6) is 0 Å². The van der Waals surface area contributed by atoms with Gasteiger partial charge in [-0.15, -0.1) is 0 Å². The van der Waals surface area contributed by atoms with E-state index in [1.54, 1.807) is 11.1 Å². The fraction of sp³-hybridized carbons (Fsp3) is 0.414. The Balaban J connectivity index is 0.000000821. The second-order valence-corrected chi connectivity index (χ2v) is 10.8. The van der Waals surface area contributed by atoms with Gasteiger partial charge >= 0.3 is 12.1 Å². The summed E-state index contributed by atoms with van der Waals surface area (Å²) in [6.45, 7) is 6.10. The first-order valence-electron chi connectivity index (χ1n) is 13.2. The summed E-state index contributed by atoms with van der Waals surface area (Å²) in [5, 5.41) is 16.9. The molecule has 1 heterocycles. The maximum absolute atomic E-state index is 14.7. The highest BCUT2D eigenvalue weighted by atomic mass is 19.4. The lowest BCUT2D eigenvalue weighted by atomic mass is 9.84. The van der Waals surface area contributed by atoms with Gasteiger partial charge in [0.2, 0.25) is 5.91 Å². The van der Waals surface area contributed by atoms with Crippen LogP contribution < -0.4 is 11.5 Å². The van der Waals surface area contributed by atoms with E-state index >= 15 is 0 Å². The third-order valence-electron chi connectivity index (χ3n) is 6.33. The Bertz CT molecular complexity index is 1360. The van der Waals surface area contributed by atoms with Crippen LogP contribution >= 0.6 is 0 Å². The molecule has 3 aromatic rings. The van der Waals surface area contributed by atoms with Crippen molar-refractivity contribution in [2.75, 3.05) is 19.7 Å². The van der Waals surface area contributed by atoms with Crippen molar-refractivity contribution in [3.05, 3.63) is 77.8 Å². The molecule has 9 nitrogen and oxygen atoms in total. The first-order chi connectivity index (χ1) is 20.0. The summed E-state index contributed by atoms with van der Waals surface area (Å²) in [4.78, 5) is 28.2. The number of carboxylic acids is 1. The van der Waals surface area contributed by atoms with E-state index in [0.717, 1.165) is 23.8 Å². The summed E-state index contributed by atoms with van der Waals surface area (Å²) in [5.74, 6) is -3.92. The molecule has 0 aliphatic carbocycles. The second-order valence-electron chi connectivity index (χ2n) is 10.8. The topological polar surface area (TPSA) is 148 Å². The zero-order chi connectivity index (χ0) is 32.5. The predicted octanol–water partition coefficient (Wildman–Crippen LogP) is 4.09. The van der Waals surface area contributed by atoms with Crippen molar-refractivity contribution in [2.45, 2.75) is 52.0 Å². The molecule has 14 heteroatoms. The number of hydrogen-bond acceptors (Lipinski definition) is 6. The average Bonchev–Trinajstić information content (AvgIpc) is 3.33. The first kappa shape index (κ1) is 35.3. The summed E-state index contributed by atoms with van der Waals surface area (Å²) in [7, 11) is 0. The lowest BCUT2D eigenvalue weighted by molar-refractivity contribution is -0.192. The molecule has 0 unspecified atom stereocenters. The molecule has 3 rings (SSSR count). The number of aliphatic hydroxyl groups excluding tert-OH is 1. The molecule has 2 aromatic carbocycles. The van der Waals surface area contributed by atoms with Gasteiger partial charge in [-0.2, -0.15) is 13.2 Å². The van der Waals surface area contributed by atoms with Crippen LogP contribution in [-0.2, 0) is 16.1 Å². The number of amides is 1. The molecule has 0 spiro atoms. The monoisotopic (exact) mass is 613 g/mol. The lowest BCUT2D eigenvalue weighted by Crippen LogP contribution is -2.46. The number of rotatable bonds is 10. The minimum Gasteiger partial charge on any atom is -0.475 e. The van der Waals surface area contributed by atoms with Crippen molar-refractivity contribution >= 4 is 11.9 Å². The number of alkyl halides is 3. The predicted molar refractivity (Wildman–Crippen MR) is 149 cm³/mol. The summed E-state index contributed by atoms with van der Waals surface area (Å²) < 4.78 is 62.3. The second kappa shape index (κ2) is 15.0. The number of nitrogens with zero attached hydrogens (tertiary/aromatic N) is 3. The first-order valence-corrected chi connectivity index (χ1v) is 13.2. The van der Waals surface area contributed by atoms with Gasteiger partial charge in [-0.05, 0) is 35.6 Å². The SMILES string of the molecule is CC(C)(C)[C@H](c1nc(-c2cc(F)ccc2F)cn1Cc1ccccc1)N(CC[C@H](N)CN)C(=O)CO.O=C(O)C(F)(F)F. The quantitative estimate of drug-likeness (QED) is 0.252. The van der Waals surface area contributed by atoms with Gasteiger partial charge in [0.15, 0.2) is 0 Å². The number of imidazole rings is 1. The van der Waals surface area contributed by atoms with Gasteiger partial charge in [0.1, 0.15) is 24.1 Å². The number of aliphatic carboxylic acids is 1. The van der Waals surface area contributed by atoms with Crippen molar-refractivity contribution in [3.63, 3.8) is 0 Å². The van der Waals surface area contributed by atoms with Gasteiger partial charge in [-0.1, -0.05) is 51.1 Å².